The van der Waals surface area contributed by atoms with Gasteiger partial charge in [-0.1, -0.05) is 16.6 Å². The molecule has 2 rings (SSSR count). The average Bonchev–Trinajstić information content (AvgIpc) is 2.58. The van der Waals surface area contributed by atoms with Gasteiger partial charge in [0.1, 0.15) is 0 Å². The SMILES string of the molecule is CON(C)S(=O)(=O)c1cccc(C(=O)Nc2cccc(F)c2F)c1. The third-order valence-corrected chi connectivity index (χ3v) is 4.87. The Balaban J connectivity index is 2.32. The van der Waals surface area contributed by atoms with E-state index < -0.39 is 27.6 Å². The smallest absolute Gasteiger partial charge is 0.264 e. The summed E-state index contributed by atoms with van der Waals surface area (Å²) in [5.74, 6) is -3.09. The van der Waals surface area contributed by atoms with Gasteiger partial charge in [-0.3, -0.25) is 9.63 Å². The Morgan fingerprint density at radius 2 is 1.83 bits per heavy atom. The summed E-state index contributed by atoms with van der Waals surface area (Å²) in [4.78, 5) is 16.6. The number of halogens is 2. The van der Waals surface area contributed by atoms with E-state index in [4.69, 9.17) is 0 Å². The lowest BCUT2D eigenvalue weighted by Gasteiger charge is -2.14. The molecule has 0 spiro atoms. The highest BCUT2D eigenvalue weighted by Crippen LogP contribution is 2.19. The number of carbonyl (C=O) groups is 1. The topological polar surface area (TPSA) is 75.7 Å². The standard InChI is InChI=1S/C15H14F2N2O4S/c1-19(23-2)24(21,22)11-6-3-5-10(9-11)15(20)18-13-8-4-7-12(16)14(13)17/h3-9H,1-2H3,(H,18,20). The number of sulfonamides is 1. The highest BCUT2D eigenvalue weighted by molar-refractivity contribution is 7.89. The molecular weight excluding hydrogens is 342 g/mol. The molecule has 0 aliphatic heterocycles. The van der Waals surface area contributed by atoms with Gasteiger partial charge in [0.15, 0.2) is 11.6 Å². The molecule has 2 aromatic carbocycles. The van der Waals surface area contributed by atoms with Crippen molar-refractivity contribution in [1.82, 2.24) is 4.47 Å². The molecule has 2 aromatic rings. The second kappa shape index (κ2) is 7.04. The molecule has 0 saturated carbocycles. The number of hydroxylamine groups is 1. The van der Waals surface area contributed by atoms with E-state index >= 15 is 0 Å². The van der Waals surface area contributed by atoms with E-state index in [0.29, 0.717) is 4.47 Å². The van der Waals surface area contributed by atoms with Crippen LogP contribution in [-0.4, -0.2) is 33.0 Å². The summed E-state index contributed by atoms with van der Waals surface area (Å²) in [7, 11) is -1.56. The van der Waals surface area contributed by atoms with Crippen LogP contribution in [0.2, 0.25) is 0 Å². The summed E-state index contributed by atoms with van der Waals surface area (Å²) >= 11 is 0. The fraction of sp³-hybridized carbons (Fsp3) is 0.133. The van der Waals surface area contributed by atoms with E-state index in [-0.39, 0.29) is 16.1 Å². The second-order valence-corrected chi connectivity index (χ2v) is 6.62. The van der Waals surface area contributed by atoms with Crippen LogP contribution in [0.25, 0.3) is 0 Å². The Morgan fingerprint density at radius 1 is 1.17 bits per heavy atom. The van der Waals surface area contributed by atoms with Crippen molar-refractivity contribution in [2.24, 2.45) is 0 Å². The molecule has 128 valence electrons. The third kappa shape index (κ3) is 3.58. The maximum absolute atomic E-state index is 13.6. The zero-order chi connectivity index (χ0) is 17.9. The van der Waals surface area contributed by atoms with Gasteiger partial charge in [-0.15, -0.1) is 0 Å². The van der Waals surface area contributed by atoms with Crippen molar-refractivity contribution in [2.75, 3.05) is 19.5 Å². The van der Waals surface area contributed by atoms with E-state index in [1.54, 1.807) is 0 Å². The molecule has 1 N–H and O–H groups in total. The van der Waals surface area contributed by atoms with E-state index in [9.17, 15) is 22.0 Å². The molecule has 6 nitrogen and oxygen atoms in total. The number of nitrogens with zero attached hydrogens (tertiary/aromatic N) is 1. The molecule has 0 aliphatic carbocycles. The van der Waals surface area contributed by atoms with E-state index in [1.807, 2.05) is 0 Å². The molecule has 24 heavy (non-hydrogen) atoms. The van der Waals surface area contributed by atoms with Crippen LogP contribution in [0.5, 0.6) is 0 Å². The summed E-state index contributed by atoms with van der Waals surface area (Å²) in [6.45, 7) is 0. The lowest BCUT2D eigenvalue weighted by molar-refractivity contribution is -0.0258. The highest BCUT2D eigenvalue weighted by atomic mass is 32.2. The van der Waals surface area contributed by atoms with E-state index in [2.05, 4.69) is 10.2 Å². The predicted octanol–water partition coefficient (Wildman–Crippen LogP) is 2.40. The number of amides is 1. The maximum Gasteiger partial charge on any atom is 0.264 e. The molecule has 0 fully saturated rings. The van der Waals surface area contributed by atoms with Crippen LogP contribution in [0.15, 0.2) is 47.4 Å². The molecule has 0 aliphatic rings. The van der Waals surface area contributed by atoms with Gasteiger partial charge in [0, 0.05) is 12.6 Å². The van der Waals surface area contributed by atoms with Gasteiger partial charge >= 0.3 is 0 Å². The first-order valence-corrected chi connectivity index (χ1v) is 8.10. The summed E-state index contributed by atoms with van der Waals surface area (Å²) < 4.78 is 51.7. The Labute approximate surface area is 137 Å². The number of rotatable bonds is 5. The molecule has 0 atom stereocenters. The van der Waals surface area contributed by atoms with Crippen molar-refractivity contribution in [3.8, 4) is 0 Å². The summed E-state index contributed by atoms with van der Waals surface area (Å²) in [6.07, 6.45) is 0. The van der Waals surface area contributed by atoms with Crippen LogP contribution in [-0.2, 0) is 14.9 Å². The molecule has 0 bridgehead atoms. The van der Waals surface area contributed by atoms with Crippen LogP contribution in [0.4, 0.5) is 14.5 Å². The van der Waals surface area contributed by atoms with Crippen LogP contribution < -0.4 is 5.32 Å². The summed E-state index contributed by atoms with van der Waals surface area (Å²) in [5.41, 5.74) is -0.383. The second-order valence-electron chi connectivity index (χ2n) is 4.68. The normalized spacial score (nSPS) is 11.5. The minimum Gasteiger partial charge on any atom is -0.319 e. The van der Waals surface area contributed by atoms with Gasteiger partial charge in [0.2, 0.25) is 0 Å². The number of nitrogens with one attached hydrogen (secondary N) is 1. The largest absolute Gasteiger partial charge is 0.319 e. The lowest BCUT2D eigenvalue weighted by atomic mass is 10.2. The predicted molar refractivity (Wildman–Crippen MR) is 82.7 cm³/mol. The van der Waals surface area contributed by atoms with Crippen molar-refractivity contribution in [3.63, 3.8) is 0 Å². The molecule has 0 heterocycles. The zero-order valence-electron chi connectivity index (χ0n) is 12.8. The summed E-state index contributed by atoms with van der Waals surface area (Å²) in [6, 6.07) is 8.43. The van der Waals surface area contributed by atoms with Crippen molar-refractivity contribution in [2.45, 2.75) is 4.90 Å². The third-order valence-electron chi connectivity index (χ3n) is 3.19. The first kappa shape index (κ1) is 18.0. The van der Waals surface area contributed by atoms with Crippen molar-refractivity contribution in [1.29, 1.82) is 0 Å². The number of hydrogen-bond acceptors (Lipinski definition) is 4. The zero-order valence-corrected chi connectivity index (χ0v) is 13.6. The minimum absolute atomic E-state index is 0.0377. The van der Waals surface area contributed by atoms with Gasteiger partial charge in [-0.25, -0.2) is 17.2 Å². The monoisotopic (exact) mass is 356 g/mol. The average molecular weight is 356 g/mol. The lowest BCUT2D eigenvalue weighted by Crippen LogP contribution is -2.26. The first-order chi connectivity index (χ1) is 11.3. The van der Waals surface area contributed by atoms with Crippen molar-refractivity contribution in [3.05, 3.63) is 59.7 Å². The number of benzene rings is 2. The Kier molecular flexibility index (Phi) is 5.27. The maximum atomic E-state index is 13.6. The molecule has 0 radical (unpaired) electrons. The van der Waals surface area contributed by atoms with Crippen LogP contribution in [0.1, 0.15) is 10.4 Å². The fourth-order valence-corrected chi connectivity index (χ4v) is 2.86. The quantitative estimate of drug-likeness (QED) is 0.835. The molecule has 0 aromatic heterocycles. The van der Waals surface area contributed by atoms with Gasteiger partial charge in [0.05, 0.1) is 17.7 Å². The van der Waals surface area contributed by atoms with Crippen LogP contribution in [0, 0.1) is 11.6 Å². The molecule has 1 amide bonds. The Bertz CT molecular complexity index is 872. The van der Waals surface area contributed by atoms with Crippen LogP contribution >= 0.6 is 0 Å². The number of carbonyl (C=O) groups excluding carboxylic acids is 1. The molecular formula is C15H14F2N2O4S. The minimum atomic E-state index is -3.94. The van der Waals surface area contributed by atoms with Gasteiger partial charge < -0.3 is 5.32 Å². The van der Waals surface area contributed by atoms with E-state index in [0.717, 1.165) is 12.1 Å². The summed E-state index contributed by atoms with van der Waals surface area (Å²) in [5, 5.41) is 2.20. The van der Waals surface area contributed by atoms with Gasteiger partial charge in [0.25, 0.3) is 15.9 Å². The number of hydrogen-bond donors (Lipinski definition) is 1. The van der Waals surface area contributed by atoms with Crippen molar-refractivity contribution >= 4 is 21.6 Å². The van der Waals surface area contributed by atoms with Crippen molar-refractivity contribution < 1.29 is 26.8 Å². The number of anilines is 1. The van der Waals surface area contributed by atoms with Gasteiger partial charge in [-0.05, 0) is 30.3 Å². The van der Waals surface area contributed by atoms with Gasteiger partial charge in [-0.2, -0.15) is 0 Å². The Hall–Kier alpha value is -2.36. The molecule has 9 heteroatoms. The van der Waals surface area contributed by atoms with Crippen LogP contribution in [0.3, 0.4) is 0 Å². The highest BCUT2D eigenvalue weighted by Gasteiger charge is 2.22. The molecule has 0 saturated heterocycles. The molecule has 0 unspecified atom stereocenters. The first-order valence-electron chi connectivity index (χ1n) is 6.66. The van der Waals surface area contributed by atoms with E-state index in [1.165, 1.54) is 44.5 Å². The fourth-order valence-electron chi connectivity index (χ4n) is 1.84. The Morgan fingerprint density at radius 3 is 2.50 bits per heavy atom.